The zero-order valence-electron chi connectivity index (χ0n) is 7.71. The average molecular weight is 153 g/mol. The molecule has 0 aromatic heterocycles. The lowest BCUT2D eigenvalue weighted by molar-refractivity contribution is 0.0220. The van der Waals surface area contributed by atoms with Gasteiger partial charge in [0.05, 0.1) is 0 Å². The van der Waals surface area contributed by atoms with E-state index in [-0.39, 0.29) is 0 Å². The van der Waals surface area contributed by atoms with Crippen LogP contribution in [0.3, 0.4) is 0 Å². The van der Waals surface area contributed by atoms with E-state index < -0.39 is 0 Å². The summed E-state index contributed by atoms with van der Waals surface area (Å²) in [5.74, 6) is 2.10. The van der Waals surface area contributed by atoms with Gasteiger partial charge in [-0.1, -0.05) is 13.3 Å². The summed E-state index contributed by atoms with van der Waals surface area (Å²) in [6, 6.07) is 0.935. The summed E-state index contributed by atoms with van der Waals surface area (Å²) < 4.78 is 0. The van der Waals surface area contributed by atoms with Crippen molar-refractivity contribution in [3.8, 4) is 0 Å². The summed E-state index contributed by atoms with van der Waals surface area (Å²) >= 11 is 0. The second-order valence-electron chi connectivity index (χ2n) is 4.33. The molecule has 1 heteroatoms. The van der Waals surface area contributed by atoms with Gasteiger partial charge >= 0.3 is 0 Å². The van der Waals surface area contributed by atoms with Gasteiger partial charge in [-0.15, -0.1) is 0 Å². The second kappa shape index (κ2) is 2.78. The standard InChI is InChI=1S/C10H19N/c1-3-8-6-10-5-4-9(8)7-11(10)2/h8-10H,3-7H2,1-2H3. The van der Waals surface area contributed by atoms with E-state index in [1.54, 1.807) is 0 Å². The molecule has 1 nitrogen and oxygen atoms in total. The van der Waals surface area contributed by atoms with Crippen LogP contribution in [-0.4, -0.2) is 24.5 Å². The van der Waals surface area contributed by atoms with Crippen molar-refractivity contribution in [1.82, 2.24) is 4.90 Å². The molecule has 2 aliphatic heterocycles. The second-order valence-corrected chi connectivity index (χ2v) is 4.33. The summed E-state index contributed by atoms with van der Waals surface area (Å²) in [5.41, 5.74) is 0. The molecule has 3 aliphatic rings. The van der Waals surface area contributed by atoms with Crippen LogP contribution in [0.15, 0.2) is 0 Å². The number of nitrogens with zero attached hydrogens (tertiary/aromatic N) is 1. The maximum atomic E-state index is 2.57. The van der Waals surface area contributed by atoms with Gasteiger partial charge in [0.15, 0.2) is 0 Å². The topological polar surface area (TPSA) is 3.24 Å². The minimum Gasteiger partial charge on any atom is -0.303 e. The van der Waals surface area contributed by atoms with Gasteiger partial charge in [-0.2, -0.15) is 0 Å². The molecule has 3 rings (SSSR count). The van der Waals surface area contributed by atoms with Crippen molar-refractivity contribution < 1.29 is 0 Å². The molecular formula is C10H19N. The Morgan fingerprint density at radius 2 is 2.18 bits per heavy atom. The van der Waals surface area contributed by atoms with E-state index in [0.29, 0.717) is 0 Å². The Kier molecular flexibility index (Phi) is 1.92. The Bertz CT molecular complexity index is 144. The lowest BCUT2D eigenvalue weighted by Crippen LogP contribution is -2.49. The SMILES string of the molecule is CCC1CC2CCC1CN2C. The van der Waals surface area contributed by atoms with Crippen molar-refractivity contribution in [2.24, 2.45) is 11.8 Å². The molecule has 3 fully saturated rings. The first-order chi connectivity index (χ1) is 5.31. The molecule has 3 atom stereocenters. The van der Waals surface area contributed by atoms with Gasteiger partial charge in [0.25, 0.3) is 0 Å². The lowest BCUT2D eigenvalue weighted by atomic mass is 9.71. The number of fused-ring (bicyclic) bond motifs is 3. The molecule has 0 aromatic rings. The first kappa shape index (κ1) is 7.60. The van der Waals surface area contributed by atoms with Crippen molar-refractivity contribution in [1.29, 1.82) is 0 Å². The van der Waals surface area contributed by atoms with Crippen LogP contribution in [0.4, 0.5) is 0 Å². The van der Waals surface area contributed by atoms with Crippen LogP contribution in [-0.2, 0) is 0 Å². The Hall–Kier alpha value is -0.0400. The molecule has 0 amide bonds. The third-order valence-electron chi connectivity index (χ3n) is 3.78. The van der Waals surface area contributed by atoms with Gasteiger partial charge in [0.1, 0.15) is 0 Å². The largest absolute Gasteiger partial charge is 0.303 e. The molecule has 1 saturated carbocycles. The molecule has 3 unspecified atom stereocenters. The van der Waals surface area contributed by atoms with E-state index in [1.165, 1.54) is 32.2 Å². The average Bonchev–Trinajstić information content (AvgIpc) is 2.05. The van der Waals surface area contributed by atoms with Gasteiger partial charge in [-0.05, 0) is 38.1 Å². The van der Waals surface area contributed by atoms with Crippen LogP contribution in [0.2, 0.25) is 0 Å². The molecule has 0 radical (unpaired) electrons. The molecule has 1 aliphatic carbocycles. The molecule has 2 bridgehead atoms. The molecule has 2 saturated heterocycles. The smallest absolute Gasteiger partial charge is 0.00951 e. The third-order valence-corrected chi connectivity index (χ3v) is 3.78. The highest BCUT2D eigenvalue weighted by Gasteiger charge is 2.37. The maximum Gasteiger partial charge on any atom is 0.00951 e. The fourth-order valence-corrected chi connectivity index (χ4v) is 2.96. The Morgan fingerprint density at radius 1 is 1.36 bits per heavy atom. The van der Waals surface area contributed by atoms with Crippen LogP contribution in [0.25, 0.3) is 0 Å². The normalized spacial score (nSPS) is 44.7. The van der Waals surface area contributed by atoms with Crippen molar-refractivity contribution in [3.05, 3.63) is 0 Å². The number of hydrogen-bond acceptors (Lipinski definition) is 1. The number of piperidine rings is 2. The molecule has 11 heavy (non-hydrogen) atoms. The molecule has 64 valence electrons. The van der Waals surface area contributed by atoms with Crippen LogP contribution in [0.5, 0.6) is 0 Å². The quantitative estimate of drug-likeness (QED) is 0.558. The van der Waals surface area contributed by atoms with Crippen molar-refractivity contribution in [2.75, 3.05) is 13.6 Å². The zero-order chi connectivity index (χ0) is 7.84. The fraction of sp³-hybridized carbons (Fsp3) is 1.00. The first-order valence-corrected chi connectivity index (χ1v) is 5.01. The number of hydrogen-bond donors (Lipinski definition) is 0. The third kappa shape index (κ3) is 1.20. The minimum absolute atomic E-state index is 0.935. The molecule has 0 N–H and O–H groups in total. The highest BCUT2D eigenvalue weighted by molar-refractivity contribution is 4.90. The fourth-order valence-electron chi connectivity index (χ4n) is 2.96. The predicted molar refractivity (Wildman–Crippen MR) is 47.5 cm³/mol. The van der Waals surface area contributed by atoms with Crippen LogP contribution < -0.4 is 0 Å². The lowest BCUT2D eigenvalue weighted by Gasteiger charge is -2.48. The van der Waals surface area contributed by atoms with E-state index in [9.17, 15) is 0 Å². The van der Waals surface area contributed by atoms with E-state index in [2.05, 4.69) is 18.9 Å². The molecule has 0 spiro atoms. The van der Waals surface area contributed by atoms with Crippen LogP contribution in [0.1, 0.15) is 32.6 Å². The summed E-state index contributed by atoms with van der Waals surface area (Å²) in [5, 5.41) is 0. The molecular weight excluding hydrogens is 134 g/mol. The Labute approximate surface area is 69.8 Å². The van der Waals surface area contributed by atoms with Crippen molar-refractivity contribution in [2.45, 2.75) is 38.6 Å². The van der Waals surface area contributed by atoms with Gasteiger partial charge in [0, 0.05) is 12.6 Å². The molecule has 0 aromatic carbocycles. The summed E-state index contributed by atoms with van der Waals surface area (Å²) in [7, 11) is 2.29. The Balaban J connectivity index is 2.04. The van der Waals surface area contributed by atoms with Crippen LogP contribution >= 0.6 is 0 Å². The van der Waals surface area contributed by atoms with E-state index in [0.717, 1.165) is 17.9 Å². The zero-order valence-corrected chi connectivity index (χ0v) is 7.71. The summed E-state index contributed by atoms with van der Waals surface area (Å²) in [6.07, 6.45) is 5.87. The van der Waals surface area contributed by atoms with E-state index in [1.807, 2.05) is 0 Å². The highest BCUT2D eigenvalue weighted by atomic mass is 15.1. The Morgan fingerprint density at radius 3 is 2.64 bits per heavy atom. The van der Waals surface area contributed by atoms with Crippen molar-refractivity contribution >= 4 is 0 Å². The van der Waals surface area contributed by atoms with E-state index >= 15 is 0 Å². The van der Waals surface area contributed by atoms with Gasteiger partial charge < -0.3 is 4.90 Å². The minimum atomic E-state index is 0.935. The van der Waals surface area contributed by atoms with Gasteiger partial charge in [0.2, 0.25) is 0 Å². The van der Waals surface area contributed by atoms with Gasteiger partial charge in [-0.25, -0.2) is 0 Å². The van der Waals surface area contributed by atoms with Gasteiger partial charge in [-0.3, -0.25) is 0 Å². The monoisotopic (exact) mass is 153 g/mol. The summed E-state index contributed by atoms with van der Waals surface area (Å²) in [4.78, 5) is 2.57. The maximum absolute atomic E-state index is 2.57. The summed E-state index contributed by atoms with van der Waals surface area (Å²) in [6.45, 7) is 3.73. The number of rotatable bonds is 1. The highest BCUT2D eigenvalue weighted by Crippen LogP contribution is 2.39. The van der Waals surface area contributed by atoms with Crippen molar-refractivity contribution in [3.63, 3.8) is 0 Å². The predicted octanol–water partition coefficient (Wildman–Crippen LogP) is 2.13. The van der Waals surface area contributed by atoms with Crippen LogP contribution in [0, 0.1) is 11.8 Å². The van der Waals surface area contributed by atoms with E-state index in [4.69, 9.17) is 0 Å². The first-order valence-electron chi connectivity index (χ1n) is 5.01. The molecule has 2 heterocycles.